The Labute approximate surface area is 217 Å². The van der Waals surface area contributed by atoms with E-state index in [1.54, 1.807) is 24.7 Å². The van der Waals surface area contributed by atoms with Crippen LogP contribution in [-0.4, -0.2) is 15.8 Å². The number of benzene rings is 2. The summed E-state index contributed by atoms with van der Waals surface area (Å²) < 4.78 is 0. The molecule has 0 aliphatic rings. The van der Waals surface area contributed by atoms with Gasteiger partial charge in [-0.3, -0.25) is 9.97 Å². The summed E-state index contributed by atoms with van der Waals surface area (Å²) in [6, 6.07) is 26.0. The molecule has 0 bridgehead atoms. The molecule has 2 aromatic carbocycles. The number of amidine groups is 1. The maximum absolute atomic E-state index is 5.85. The van der Waals surface area contributed by atoms with Crippen LogP contribution in [0.25, 0.3) is 5.57 Å². The normalized spacial score (nSPS) is 11.8. The van der Waals surface area contributed by atoms with E-state index in [1.807, 2.05) is 66.4 Å². The molecule has 0 amide bonds. The van der Waals surface area contributed by atoms with Gasteiger partial charge in [-0.2, -0.15) is 5.10 Å². The molecule has 4 rings (SSSR count). The Balaban J connectivity index is 1.59. The van der Waals surface area contributed by atoms with Gasteiger partial charge >= 0.3 is 0 Å². The molecule has 6 heteroatoms. The minimum Gasteiger partial charge on any atom is -0.355 e. The topological polar surface area (TPSA) is 79.4 Å². The number of nitrogens with one attached hydrogen (secondary N) is 1. The lowest BCUT2D eigenvalue weighted by molar-refractivity contribution is 0.981. The highest BCUT2D eigenvalue weighted by atomic mass is 15.3. The number of aromatic nitrogens is 2. The minimum absolute atomic E-state index is 0.549. The summed E-state index contributed by atoms with van der Waals surface area (Å²) in [5.41, 5.74) is 6.78. The Hall–Kier alpha value is -5.15. The molecule has 2 heterocycles. The Bertz CT molecular complexity index is 1430. The molecule has 6 nitrogen and oxygen atoms in total. The molecule has 0 saturated heterocycles. The summed E-state index contributed by atoms with van der Waals surface area (Å²) in [6.07, 6.45) is 16.3. The minimum atomic E-state index is 0.549. The molecule has 3 N–H and O–H groups in total. The molecule has 4 aromatic rings. The number of para-hydroxylation sites is 1. The van der Waals surface area contributed by atoms with Gasteiger partial charge in [0.05, 0.1) is 0 Å². The first kappa shape index (κ1) is 25.0. The van der Waals surface area contributed by atoms with Crippen molar-refractivity contribution in [3.05, 3.63) is 133 Å². The average molecular weight is 485 g/mol. The molecule has 0 unspecified atom stereocenters. The first-order valence-corrected chi connectivity index (χ1v) is 11.8. The number of nitrogens with zero attached hydrogens (tertiary/aromatic N) is 4. The van der Waals surface area contributed by atoms with Crippen molar-refractivity contribution >= 4 is 28.5 Å². The molecular formula is C31H28N6. The van der Waals surface area contributed by atoms with E-state index in [1.165, 1.54) is 0 Å². The maximum atomic E-state index is 5.85. The van der Waals surface area contributed by atoms with E-state index in [4.69, 9.17) is 12.3 Å². The maximum Gasteiger partial charge on any atom is 0.178 e. The van der Waals surface area contributed by atoms with Crippen LogP contribution in [0.4, 0.5) is 17.1 Å². The number of allylic oxidation sites excluding steroid dienone is 4. The van der Waals surface area contributed by atoms with Crippen molar-refractivity contribution < 1.29 is 0 Å². The molecule has 0 atom stereocenters. The average Bonchev–Trinajstić information content (AvgIpc) is 2.96. The summed E-state index contributed by atoms with van der Waals surface area (Å²) in [7, 11) is 0. The SMILES string of the molecule is C#C/C=C\C(=C/C)c1ccccc1Nc1ccc(CN(/C(=N\N)c2ccccn2)c2ccncc2)cc1. The summed E-state index contributed by atoms with van der Waals surface area (Å²) in [5.74, 6) is 8.98. The van der Waals surface area contributed by atoms with Gasteiger partial charge in [-0.05, 0) is 72.7 Å². The van der Waals surface area contributed by atoms with Gasteiger partial charge in [0, 0.05) is 47.8 Å². The van der Waals surface area contributed by atoms with Gasteiger partial charge in [0.1, 0.15) is 5.69 Å². The predicted molar refractivity (Wildman–Crippen MR) is 153 cm³/mol. The summed E-state index contributed by atoms with van der Waals surface area (Å²) >= 11 is 0. The Morgan fingerprint density at radius 3 is 2.43 bits per heavy atom. The third-order valence-corrected chi connectivity index (χ3v) is 5.73. The zero-order valence-electron chi connectivity index (χ0n) is 20.6. The van der Waals surface area contributed by atoms with E-state index in [0.29, 0.717) is 18.1 Å². The van der Waals surface area contributed by atoms with Crippen LogP contribution in [0.1, 0.15) is 23.7 Å². The van der Waals surface area contributed by atoms with Gasteiger partial charge in [0.25, 0.3) is 0 Å². The van der Waals surface area contributed by atoms with Crippen LogP contribution < -0.4 is 16.1 Å². The first-order chi connectivity index (χ1) is 18.2. The van der Waals surface area contributed by atoms with Gasteiger partial charge in [0.15, 0.2) is 5.84 Å². The van der Waals surface area contributed by atoms with Gasteiger partial charge in [-0.1, -0.05) is 48.4 Å². The monoisotopic (exact) mass is 484 g/mol. The van der Waals surface area contributed by atoms with E-state index < -0.39 is 0 Å². The lowest BCUT2D eigenvalue weighted by Crippen LogP contribution is -2.33. The molecule has 37 heavy (non-hydrogen) atoms. The van der Waals surface area contributed by atoms with E-state index in [9.17, 15) is 0 Å². The van der Waals surface area contributed by atoms with Crippen molar-refractivity contribution in [3.8, 4) is 12.3 Å². The van der Waals surface area contributed by atoms with E-state index in [2.05, 4.69) is 62.7 Å². The quantitative estimate of drug-likeness (QED) is 0.0784. The zero-order chi connectivity index (χ0) is 25.9. The number of pyridine rings is 2. The van der Waals surface area contributed by atoms with Crippen molar-refractivity contribution in [1.29, 1.82) is 0 Å². The van der Waals surface area contributed by atoms with E-state index in [0.717, 1.165) is 33.8 Å². The van der Waals surface area contributed by atoms with Crippen LogP contribution in [0.5, 0.6) is 0 Å². The van der Waals surface area contributed by atoms with Crippen molar-refractivity contribution in [2.45, 2.75) is 13.5 Å². The second-order valence-electron chi connectivity index (χ2n) is 8.07. The predicted octanol–water partition coefficient (Wildman–Crippen LogP) is 6.14. The highest BCUT2D eigenvalue weighted by Gasteiger charge is 2.17. The van der Waals surface area contributed by atoms with Gasteiger partial charge < -0.3 is 16.1 Å². The number of terminal acetylenes is 1. The molecule has 0 spiro atoms. The second-order valence-corrected chi connectivity index (χ2v) is 8.07. The number of rotatable bonds is 8. The fraction of sp³-hybridized carbons (Fsp3) is 0.0645. The van der Waals surface area contributed by atoms with Gasteiger partial charge in [-0.15, -0.1) is 6.42 Å². The fourth-order valence-electron chi connectivity index (χ4n) is 3.94. The number of hydrogen-bond acceptors (Lipinski definition) is 5. The Morgan fingerprint density at radius 1 is 1.00 bits per heavy atom. The van der Waals surface area contributed by atoms with Crippen LogP contribution in [0.2, 0.25) is 0 Å². The van der Waals surface area contributed by atoms with Crippen LogP contribution in [0.15, 0.2) is 121 Å². The zero-order valence-corrected chi connectivity index (χ0v) is 20.6. The summed E-state index contributed by atoms with van der Waals surface area (Å²) in [4.78, 5) is 10.6. The van der Waals surface area contributed by atoms with Crippen molar-refractivity contribution in [2.75, 3.05) is 10.2 Å². The summed E-state index contributed by atoms with van der Waals surface area (Å²) in [6.45, 7) is 2.55. The standard InChI is InChI=1S/C31H28N6/c1-3-5-10-25(4-2)28-11-6-7-12-29(28)35-26-16-14-24(15-17-26)23-37(27-18-21-33-22-19-27)31(36-32)30-13-8-9-20-34-30/h1,4-22,35H,23,32H2,2H3/b10-5-,25-4+,36-31-. The molecule has 0 fully saturated rings. The van der Waals surface area contributed by atoms with Crippen molar-refractivity contribution in [2.24, 2.45) is 10.9 Å². The highest BCUT2D eigenvalue weighted by Crippen LogP contribution is 2.28. The number of nitrogens with two attached hydrogens (primary N) is 1. The Morgan fingerprint density at radius 2 is 1.76 bits per heavy atom. The number of hydrogen-bond donors (Lipinski definition) is 2. The largest absolute Gasteiger partial charge is 0.355 e. The molecule has 182 valence electrons. The number of anilines is 3. The Kier molecular flexibility index (Phi) is 8.45. The van der Waals surface area contributed by atoms with E-state index >= 15 is 0 Å². The van der Waals surface area contributed by atoms with Crippen LogP contribution >= 0.6 is 0 Å². The lowest BCUT2D eigenvalue weighted by atomic mass is 10.0. The molecule has 2 aromatic heterocycles. The third kappa shape index (κ3) is 6.30. The third-order valence-electron chi connectivity index (χ3n) is 5.73. The smallest absolute Gasteiger partial charge is 0.178 e. The molecule has 0 aliphatic carbocycles. The molecule has 0 radical (unpaired) electrons. The molecule has 0 saturated carbocycles. The number of hydrazone groups is 1. The lowest BCUT2D eigenvalue weighted by Gasteiger charge is -2.25. The molecular weight excluding hydrogens is 456 g/mol. The van der Waals surface area contributed by atoms with Gasteiger partial charge in [0.2, 0.25) is 0 Å². The van der Waals surface area contributed by atoms with Crippen LogP contribution in [-0.2, 0) is 6.54 Å². The van der Waals surface area contributed by atoms with E-state index in [-0.39, 0.29) is 0 Å². The first-order valence-electron chi connectivity index (χ1n) is 11.8. The van der Waals surface area contributed by atoms with Gasteiger partial charge in [-0.25, -0.2) is 0 Å². The second kappa shape index (κ2) is 12.5. The summed E-state index contributed by atoms with van der Waals surface area (Å²) in [5, 5.41) is 7.62. The fourth-order valence-corrected chi connectivity index (χ4v) is 3.94. The highest BCUT2D eigenvalue weighted by molar-refractivity contribution is 6.08. The molecule has 0 aliphatic heterocycles. The van der Waals surface area contributed by atoms with Crippen molar-refractivity contribution in [3.63, 3.8) is 0 Å². The van der Waals surface area contributed by atoms with Crippen LogP contribution in [0, 0.1) is 12.3 Å². The van der Waals surface area contributed by atoms with Crippen LogP contribution in [0.3, 0.4) is 0 Å². The van der Waals surface area contributed by atoms with Crippen molar-refractivity contribution in [1.82, 2.24) is 9.97 Å².